The van der Waals surface area contributed by atoms with Crippen molar-refractivity contribution in [1.29, 1.82) is 0 Å². The second-order valence-corrected chi connectivity index (χ2v) is 14.4. The quantitative estimate of drug-likeness (QED) is 0.164. The van der Waals surface area contributed by atoms with Crippen molar-refractivity contribution in [1.82, 2.24) is 0 Å². The predicted octanol–water partition coefficient (Wildman–Crippen LogP) is 10.8. The van der Waals surface area contributed by atoms with Gasteiger partial charge < -0.3 is 14.4 Å². The van der Waals surface area contributed by atoms with Crippen LogP contribution in [0, 0.1) is 0 Å². The van der Waals surface area contributed by atoms with E-state index >= 15 is 0 Å². The number of nitrogens with zero attached hydrogens (tertiary/aromatic N) is 1. The largest absolute Gasteiger partial charge is 0.458 e. The van der Waals surface area contributed by atoms with Gasteiger partial charge in [-0.15, -0.1) is 0 Å². The molecule has 3 nitrogen and oxygen atoms in total. The van der Waals surface area contributed by atoms with Gasteiger partial charge in [0.15, 0.2) is 0 Å². The molecule has 0 spiro atoms. The molecule has 3 aliphatic rings. The van der Waals surface area contributed by atoms with Crippen molar-refractivity contribution in [3.8, 4) is 34.1 Å². The van der Waals surface area contributed by atoms with Gasteiger partial charge in [0.25, 0.3) is 6.71 Å². The van der Waals surface area contributed by atoms with Gasteiger partial charge in [0.1, 0.15) is 23.0 Å². The smallest absolute Gasteiger partial charge is 0.260 e. The SMILES string of the molecule is c1ccc(N(c2ccccc2)c2ccc(C3(c4ccc(-c5cc6c7c(c5)Oc5ccccc5B7c5ccccc5O6)cc4)CCCCC3)cc2)cc1. The highest BCUT2D eigenvalue weighted by Crippen LogP contribution is 2.47. The molecule has 1 aliphatic carbocycles. The van der Waals surface area contributed by atoms with Gasteiger partial charge in [0.2, 0.25) is 0 Å². The molecule has 1 saturated carbocycles. The number of rotatable bonds is 6. The number of anilines is 3. The second-order valence-electron chi connectivity index (χ2n) is 14.4. The summed E-state index contributed by atoms with van der Waals surface area (Å²) >= 11 is 0. The Morgan fingerprint density at radius 3 is 1.42 bits per heavy atom. The highest BCUT2D eigenvalue weighted by atomic mass is 16.5. The van der Waals surface area contributed by atoms with E-state index in [9.17, 15) is 0 Å². The number of fused-ring (bicyclic) bond motifs is 4. The van der Waals surface area contributed by atoms with Gasteiger partial charge in [0.05, 0.1) is 0 Å². The van der Waals surface area contributed by atoms with E-state index in [1.165, 1.54) is 41.3 Å². The number of para-hydroxylation sites is 4. The molecule has 2 aliphatic heterocycles. The van der Waals surface area contributed by atoms with E-state index in [0.717, 1.165) is 69.5 Å². The van der Waals surface area contributed by atoms with Crippen molar-refractivity contribution in [3.63, 3.8) is 0 Å². The maximum Gasteiger partial charge on any atom is 0.260 e. The number of hydrogen-bond donors (Lipinski definition) is 0. The van der Waals surface area contributed by atoms with Crippen LogP contribution in [0.2, 0.25) is 0 Å². The van der Waals surface area contributed by atoms with Crippen LogP contribution in [0.25, 0.3) is 11.1 Å². The van der Waals surface area contributed by atoms with E-state index < -0.39 is 0 Å². The Labute approximate surface area is 306 Å². The van der Waals surface area contributed by atoms with Crippen LogP contribution < -0.4 is 30.8 Å². The lowest BCUT2D eigenvalue weighted by atomic mass is 9.35. The lowest BCUT2D eigenvalue weighted by molar-refractivity contribution is 0.346. The molecule has 0 N–H and O–H groups in total. The summed E-state index contributed by atoms with van der Waals surface area (Å²) in [4.78, 5) is 2.34. The predicted molar refractivity (Wildman–Crippen MR) is 215 cm³/mol. The van der Waals surface area contributed by atoms with Gasteiger partial charge >= 0.3 is 0 Å². The number of benzene rings is 7. The number of hydrogen-bond acceptors (Lipinski definition) is 3. The van der Waals surface area contributed by atoms with Crippen LogP contribution in [0.3, 0.4) is 0 Å². The van der Waals surface area contributed by atoms with Crippen LogP contribution in [0.5, 0.6) is 23.0 Å². The van der Waals surface area contributed by atoms with Gasteiger partial charge in [-0.3, -0.25) is 0 Å². The van der Waals surface area contributed by atoms with E-state index in [1.54, 1.807) is 0 Å². The first-order valence-electron chi connectivity index (χ1n) is 18.6. The average Bonchev–Trinajstić information content (AvgIpc) is 3.22. The molecular formula is C48H38BNO2. The molecule has 2 heterocycles. The van der Waals surface area contributed by atoms with Crippen LogP contribution in [0.1, 0.15) is 43.2 Å². The fourth-order valence-corrected chi connectivity index (χ4v) is 8.97. The lowest BCUT2D eigenvalue weighted by Crippen LogP contribution is -2.57. The molecule has 1 fully saturated rings. The highest BCUT2D eigenvalue weighted by molar-refractivity contribution is 6.98. The minimum atomic E-state index is -0.0195. The van der Waals surface area contributed by atoms with E-state index in [-0.39, 0.29) is 12.1 Å². The Bertz CT molecular complexity index is 2270. The molecule has 250 valence electrons. The molecule has 0 radical (unpaired) electrons. The molecule has 0 amide bonds. The normalized spacial score (nSPS) is 15.0. The Morgan fingerprint density at radius 1 is 0.423 bits per heavy atom. The third-order valence-corrected chi connectivity index (χ3v) is 11.5. The van der Waals surface area contributed by atoms with Crippen LogP contribution >= 0.6 is 0 Å². The first kappa shape index (κ1) is 30.8. The summed E-state index contributed by atoms with van der Waals surface area (Å²) < 4.78 is 13.2. The molecule has 52 heavy (non-hydrogen) atoms. The van der Waals surface area contributed by atoms with E-state index in [1.807, 2.05) is 0 Å². The van der Waals surface area contributed by atoms with Crippen molar-refractivity contribution in [3.05, 3.63) is 181 Å². The maximum atomic E-state index is 6.59. The molecule has 0 aromatic heterocycles. The zero-order valence-electron chi connectivity index (χ0n) is 29.0. The van der Waals surface area contributed by atoms with Crippen LogP contribution in [0.15, 0.2) is 170 Å². The van der Waals surface area contributed by atoms with Gasteiger partial charge in [-0.1, -0.05) is 128 Å². The zero-order chi connectivity index (χ0) is 34.5. The summed E-state index contributed by atoms with van der Waals surface area (Å²) in [6, 6.07) is 61.2. The fourth-order valence-electron chi connectivity index (χ4n) is 8.97. The Kier molecular flexibility index (Phi) is 7.49. The summed E-state index contributed by atoms with van der Waals surface area (Å²) in [5, 5.41) is 0. The molecule has 4 heteroatoms. The number of ether oxygens (including phenoxy) is 2. The molecule has 0 atom stereocenters. The van der Waals surface area contributed by atoms with Crippen molar-refractivity contribution >= 4 is 40.2 Å². The topological polar surface area (TPSA) is 21.7 Å². The van der Waals surface area contributed by atoms with Crippen LogP contribution in [-0.2, 0) is 5.41 Å². The molecule has 0 saturated heterocycles. The highest BCUT2D eigenvalue weighted by Gasteiger charge is 2.40. The van der Waals surface area contributed by atoms with Crippen molar-refractivity contribution in [2.75, 3.05) is 4.90 Å². The molecule has 7 aromatic rings. The zero-order valence-corrected chi connectivity index (χ0v) is 29.0. The van der Waals surface area contributed by atoms with Crippen molar-refractivity contribution < 1.29 is 9.47 Å². The summed E-state index contributed by atoms with van der Waals surface area (Å²) in [5.41, 5.74) is 12.0. The maximum absolute atomic E-state index is 6.59. The average molecular weight is 672 g/mol. The standard InChI is InChI=1S/C48H38BNO2/c1-4-14-38(15-5-1)50(39-16-6-2-7-17-39)40-28-26-37(27-29-40)48(30-12-3-13-31-48)36-24-22-34(23-25-36)35-32-45-47-46(33-35)52-44-21-11-9-19-42(44)49(47)41-18-8-10-20-43(41)51-45/h1-2,4-11,14-29,32-33H,3,12-13,30-31H2. The third kappa shape index (κ3) is 5.13. The monoisotopic (exact) mass is 671 g/mol. The van der Waals surface area contributed by atoms with E-state index in [2.05, 4.69) is 175 Å². The van der Waals surface area contributed by atoms with Crippen molar-refractivity contribution in [2.24, 2.45) is 0 Å². The lowest BCUT2D eigenvalue weighted by Gasteiger charge is -2.39. The molecule has 0 unspecified atom stereocenters. The first-order chi connectivity index (χ1) is 25.7. The van der Waals surface area contributed by atoms with Gasteiger partial charge in [-0.25, -0.2) is 0 Å². The Hall–Kier alpha value is -6.00. The van der Waals surface area contributed by atoms with E-state index in [4.69, 9.17) is 9.47 Å². The molecule has 0 bridgehead atoms. The van der Waals surface area contributed by atoms with E-state index in [0.29, 0.717) is 0 Å². The minimum Gasteiger partial charge on any atom is -0.458 e. The van der Waals surface area contributed by atoms with Crippen LogP contribution in [0.4, 0.5) is 17.1 Å². The molecule has 7 aromatic carbocycles. The minimum absolute atomic E-state index is 0.0195. The summed E-state index contributed by atoms with van der Waals surface area (Å²) in [6.07, 6.45) is 6.06. The van der Waals surface area contributed by atoms with Gasteiger partial charge in [0, 0.05) is 27.9 Å². The summed E-state index contributed by atoms with van der Waals surface area (Å²) in [7, 11) is 0. The first-order valence-corrected chi connectivity index (χ1v) is 18.6. The summed E-state index contributed by atoms with van der Waals surface area (Å²) in [5.74, 6) is 3.57. The molecular weight excluding hydrogens is 633 g/mol. The summed E-state index contributed by atoms with van der Waals surface area (Å²) in [6.45, 7) is 0.0846. The Morgan fingerprint density at radius 2 is 0.885 bits per heavy atom. The van der Waals surface area contributed by atoms with Gasteiger partial charge in [-0.05, 0) is 107 Å². The Balaban J connectivity index is 1.00. The van der Waals surface area contributed by atoms with Gasteiger partial charge in [-0.2, -0.15) is 0 Å². The second kappa shape index (κ2) is 12.6. The van der Waals surface area contributed by atoms with Crippen molar-refractivity contribution in [2.45, 2.75) is 37.5 Å². The fraction of sp³-hybridized carbons (Fsp3) is 0.125. The van der Waals surface area contributed by atoms with Crippen LogP contribution in [-0.4, -0.2) is 6.71 Å². The third-order valence-electron chi connectivity index (χ3n) is 11.5. The molecule has 10 rings (SSSR count).